The van der Waals surface area contributed by atoms with Gasteiger partial charge in [-0.25, -0.2) is 34.3 Å². The molecule has 0 spiro atoms. The molecule has 8 aromatic heterocycles. The normalized spacial score (nSPS) is 11.9. The molecule has 0 unspecified atom stereocenters. The number of para-hydroxylation sites is 8. The van der Waals surface area contributed by atoms with Gasteiger partial charge in [-0.15, -0.1) is 0 Å². The quantitative estimate of drug-likeness (QED) is 0.122. The predicted molar refractivity (Wildman–Crippen MR) is 525 cm³/mol. The van der Waals surface area contributed by atoms with E-state index in [-0.39, 0.29) is 11.4 Å². The van der Waals surface area contributed by atoms with Crippen LogP contribution in [0.4, 0.5) is 4.39 Å². The molecule has 610 valence electrons. The number of aromatic nitrogens is 10. The van der Waals surface area contributed by atoms with Gasteiger partial charge in [-0.1, -0.05) is 285 Å². The molecule has 131 heavy (non-hydrogen) atoms. The summed E-state index contributed by atoms with van der Waals surface area (Å²) in [6, 6.07) is 133. The molecule has 0 atom stereocenters. The van der Waals surface area contributed by atoms with E-state index in [1.165, 1.54) is 56.3 Å². The summed E-state index contributed by atoms with van der Waals surface area (Å²) in [5, 5.41) is 33.6. The van der Waals surface area contributed by atoms with Gasteiger partial charge in [0.2, 0.25) is 0 Å². The van der Waals surface area contributed by atoms with Gasteiger partial charge < -0.3 is 27.5 Å². The molecule has 15 heteroatoms. The van der Waals surface area contributed by atoms with Crippen LogP contribution < -0.4 is 0 Å². The lowest BCUT2D eigenvalue weighted by molar-refractivity contribution is 0.629. The Hall–Kier alpha value is -18.4. The van der Waals surface area contributed by atoms with Gasteiger partial charge in [-0.05, 0) is 119 Å². The Morgan fingerprint density at radius 3 is 1.31 bits per heavy atom. The van der Waals surface area contributed by atoms with Crippen molar-refractivity contribution < 1.29 is 13.2 Å². The second-order valence-corrected chi connectivity index (χ2v) is 32.2. The van der Waals surface area contributed by atoms with Gasteiger partial charge in [0.25, 0.3) is 0 Å². The van der Waals surface area contributed by atoms with Crippen LogP contribution in [0.2, 0.25) is 0 Å². The van der Waals surface area contributed by atoms with Crippen LogP contribution >= 0.6 is 0 Å². The minimum Gasteiger partial charge on any atom is -0.454 e. The third kappa shape index (κ3) is 13.0. The van der Waals surface area contributed by atoms with E-state index in [4.69, 9.17) is 28.8 Å². The lowest BCUT2D eigenvalue weighted by atomic mass is 9.99. The number of nitriles is 2. The van der Waals surface area contributed by atoms with E-state index in [2.05, 4.69) is 247 Å². The van der Waals surface area contributed by atoms with Crippen molar-refractivity contribution >= 4 is 137 Å². The third-order valence-corrected chi connectivity index (χ3v) is 24.8. The molecule has 0 aliphatic heterocycles. The Balaban J connectivity index is 0.000000120. The fraction of sp³-hybridized carbons (Fsp3) is 0. The standard InChI is InChI=1S/C58H34N6O.C30H18N2O.C28H16FN4/c59-35-36-30-32-49(46(34-36)58-61-56(38-18-5-2-6-19-38)60-57(62-58)44-23-8-7-20-39(44)37-16-3-1-4-17-37)64-47-26-12-9-21-40(47)42-31-33-50-53(54(42)64)45-24-10-13-27-48(45)63(50)51-28-15-25-43-41-22-11-14-29-52(41)65-55(43)51;1-4-12-23-18(8-1)20-16-17-25-28(29(20)31-23)22-10-2-5-13-24(22)32(25)26-14-7-11-21-19-9-3-6-15-27(19)33-30(21)26;29-25-16-15-19(18-30)17-24(25)28-32-26(21-11-5-2-6-12-21)31-27(33-28)23-14-8-7-13-22(23)20-9-3-1-4-10-20/h1-34H;1-17,31H;1,3-17H/q;;+1. The molecule has 25 aromatic rings. The molecule has 0 radical (unpaired) electrons. The summed E-state index contributed by atoms with van der Waals surface area (Å²) in [7, 11) is 0. The zero-order chi connectivity index (χ0) is 87.2. The Morgan fingerprint density at radius 1 is 0.305 bits per heavy atom. The maximum atomic E-state index is 14.8. The van der Waals surface area contributed by atoms with E-state index in [1.54, 1.807) is 12.2 Å². The molecule has 0 fully saturated rings. The van der Waals surface area contributed by atoms with E-state index in [0.29, 0.717) is 45.8 Å². The van der Waals surface area contributed by atoms with Crippen LogP contribution in [0.1, 0.15) is 17.0 Å². The van der Waals surface area contributed by atoms with Gasteiger partial charge in [0.15, 0.2) is 46.1 Å². The molecule has 1 aliphatic carbocycles. The maximum Gasteiger partial charge on any atom is 0.190 e. The number of hydrogen-bond donors (Lipinski definition) is 1. The molecule has 0 bridgehead atoms. The summed E-state index contributed by atoms with van der Waals surface area (Å²) in [4.78, 5) is 33.4. The molecule has 26 rings (SSSR count). The lowest BCUT2D eigenvalue weighted by Gasteiger charge is -2.16. The summed E-state index contributed by atoms with van der Waals surface area (Å²) in [6.07, 6.45) is 10.2. The summed E-state index contributed by atoms with van der Waals surface area (Å²) in [5.41, 5.74) is 24.2. The SMILES string of the molecule is N#Cc1ccc(-n2c3ccccc3c3ccc4c(c5ccccc5n4-c4cccc5c4oc4ccccc45)c32)c(-c2nc(-c3ccccc3)nc(-c3ccccc3-c3ccccc3)n2)c1.N#Cc1ccc(F)c(-c2nc(C3=CC=[C+]C=C3)nc(-c3ccccc3-c3ccccc3)n2)c1.c1ccc2c(c1)[nH]c1c2ccc2c1c1ccccc1n2-c1cccc2c1oc1ccccc12. The summed E-state index contributed by atoms with van der Waals surface area (Å²) in [5.74, 6) is 2.03. The van der Waals surface area contributed by atoms with Crippen LogP contribution in [-0.2, 0) is 0 Å². The van der Waals surface area contributed by atoms with Crippen LogP contribution in [0.3, 0.4) is 0 Å². The highest BCUT2D eigenvalue weighted by molar-refractivity contribution is 6.28. The molecule has 8 heterocycles. The number of nitrogens with zero attached hydrogens (tertiary/aromatic N) is 11. The highest BCUT2D eigenvalue weighted by Crippen LogP contribution is 2.48. The first-order valence-corrected chi connectivity index (χ1v) is 43.1. The summed E-state index contributed by atoms with van der Waals surface area (Å²) >= 11 is 0. The highest BCUT2D eigenvalue weighted by atomic mass is 19.1. The zero-order valence-electron chi connectivity index (χ0n) is 69.8. The Kier molecular flexibility index (Phi) is 18.4. The number of H-pyrrole nitrogens is 1. The number of benzene rings is 17. The number of hydrogen-bond acceptors (Lipinski definition) is 10. The van der Waals surface area contributed by atoms with E-state index in [0.717, 1.165) is 155 Å². The Labute approximate surface area is 747 Å². The lowest BCUT2D eigenvalue weighted by Crippen LogP contribution is -2.04. The highest BCUT2D eigenvalue weighted by Gasteiger charge is 2.29. The first kappa shape index (κ1) is 76.3. The number of rotatable bonds is 11. The largest absolute Gasteiger partial charge is 0.454 e. The van der Waals surface area contributed by atoms with Crippen molar-refractivity contribution in [3.8, 4) is 108 Å². The first-order valence-electron chi connectivity index (χ1n) is 43.1. The molecule has 1 aliphatic rings. The van der Waals surface area contributed by atoms with Crippen LogP contribution in [0.15, 0.2) is 415 Å². The van der Waals surface area contributed by atoms with E-state index in [1.807, 2.05) is 176 Å². The van der Waals surface area contributed by atoms with Gasteiger partial charge in [0, 0.05) is 98.5 Å². The van der Waals surface area contributed by atoms with Crippen molar-refractivity contribution in [3.63, 3.8) is 0 Å². The smallest absolute Gasteiger partial charge is 0.190 e. The summed E-state index contributed by atoms with van der Waals surface area (Å²) < 4.78 is 34.9. The van der Waals surface area contributed by atoms with Crippen LogP contribution in [0.25, 0.3) is 233 Å². The zero-order valence-corrected chi connectivity index (χ0v) is 69.8. The molecule has 17 aromatic carbocycles. The molecule has 1 N–H and O–H groups in total. The average molecular weight is 1680 g/mol. The first-order chi connectivity index (χ1) is 64.8. The van der Waals surface area contributed by atoms with Crippen LogP contribution in [0, 0.1) is 34.6 Å². The van der Waals surface area contributed by atoms with Gasteiger partial charge in [0.05, 0.1) is 96.7 Å². The predicted octanol–water partition coefficient (Wildman–Crippen LogP) is 29.0. The number of nitrogens with one attached hydrogen (secondary N) is 1. The molecule has 14 nitrogen and oxygen atoms in total. The fourth-order valence-electron chi connectivity index (χ4n) is 18.9. The van der Waals surface area contributed by atoms with E-state index in [9.17, 15) is 14.9 Å². The number of aromatic amines is 1. The maximum absolute atomic E-state index is 14.8. The van der Waals surface area contributed by atoms with Crippen molar-refractivity contribution in [2.24, 2.45) is 0 Å². The summed E-state index contributed by atoms with van der Waals surface area (Å²) in [6.45, 7) is 0. The van der Waals surface area contributed by atoms with Crippen molar-refractivity contribution in [1.29, 1.82) is 10.5 Å². The van der Waals surface area contributed by atoms with Crippen molar-refractivity contribution in [1.82, 2.24) is 48.6 Å². The fourth-order valence-corrected chi connectivity index (χ4v) is 18.9. The second-order valence-electron chi connectivity index (χ2n) is 32.2. The third-order valence-electron chi connectivity index (χ3n) is 24.8. The molecular weight excluding hydrogens is 1610 g/mol. The van der Waals surface area contributed by atoms with E-state index < -0.39 is 5.82 Å². The number of furan rings is 2. The van der Waals surface area contributed by atoms with E-state index >= 15 is 0 Å². The second kappa shape index (κ2) is 31.7. The van der Waals surface area contributed by atoms with Crippen molar-refractivity contribution in [2.75, 3.05) is 0 Å². The van der Waals surface area contributed by atoms with Crippen molar-refractivity contribution in [3.05, 3.63) is 435 Å². The minimum absolute atomic E-state index is 0.152. The molecular formula is C116H68FN12O2+. The van der Waals surface area contributed by atoms with Gasteiger partial charge in [-0.2, -0.15) is 10.5 Å². The molecule has 0 saturated carbocycles. The number of halogens is 1. The van der Waals surface area contributed by atoms with Gasteiger partial charge in [0.1, 0.15) is 34.7 Å². The number of allylic oxidation sites excluding steroid dienone is 6. The Bertz CT molecular complexity index is 9170. The minimum atomic E-state index is -0.505. The van der Waals surface area contributed by atoms with Crippen LogP contribution in [0.5, 0.6) is 0 Å². The monoisotopic (exact) mass is 1680 g/mol. The van der Waals surface area contributed by atoms with Gasteiger partial charge in [-0.3, -0.25) is 0 Å². The topological polar surface area (TPSA) is 182 Å². The average Bonchev–Trinajstić information content (AvgIpc) is 1.53. The Morgan fingerprint density at radius 2 is 0.740 bits per heavy atom. The van der Waals surface area contributed by atoms with Gasteiger partial charge >= 0.3 is 0 Å². The number of fused-ring (bicyclic) bond motifs is 20. The van der Waals surface area contributed by atoms with Crippen LogP contribution in [-0.4, -0.2) is 48.6 Å². The van der Waals surface area contributed by atoms with Crippen molar-refractivity contribution in [2.45, 2.75) is 0 Å². The molecule has 0 amide bonds. The molecule has 0 saturated heterocycles.